The highest BCUT2D eigenvalue weighted by molar-refractivity contribution is 5.83. The first kappa shape index (κ1) is 8.05. The Balaban J connectivity index is 2.23. The lowest BCUT2D eigenvalue weighted by molar-refractivity contribution is -0.143. The maximum absolute atomic E-state index is 11.0. The molecule has 2 atom stereocenters. The standard InChI is InChI=1S/C9H14O3/c1-2-8-5-3-4-6-9(8,12-8)7(10)11/h2-6H2,1H3,(H,10,11). The Labute approximate surface area is 71.7 Å². The van der Waals surface area contributed by atoms with Crippen LogP contribution < -0.4 is 0 Å². The minimum Gasteiger partial charge on any atom is -0.479 e. The summed E-state index contributed by atoms with van der Waals surface area (Å²) in [5.41, 5.74) is -1.09. The highest BCUT2D eigenvalue weighted by Crippen LogP contribution is 2.59. The van der Waals surface area contributed by atoms with Gasteiger partial charge in [-0.1, -0.05) is 13.3 Å². The summed E-state index contributed by atoms with van der Waals surface area (Å²) in [7, 11) is 0. The zero-order chi connectivity index (χ0) is 8.82. The first-order valence-electron chi connectivity index (χ1n) is 4.60. The molecule has 3 heteroatoms. The second-order valence-electron chi connectivity index (χ2n) is 3.79. The summed E-state index contributed by atoms with van der Waals surface area (Å²) in [6.07, 6.45) is 4.57. The Morgan fingerprint density at radius 3 is 2.67 bits per heavy atom. The number of aliphatic carboxylic acids is 1. The van der Waals surface area contributed by atoms with E-state index in [1.54, 1.807) is 0 Å². The molecular weight excluding hydrogens is 156 g/mol. The molecule has 0 radical (unpaired) electrons. The third-order valence-electron chi connectivity index (χ3n) is 3.34. The summed E-state index contributed by atoms with van der Waals surface area (Å²) in [4.78, 5) is 11.0. The molecule has 1 saturated heterocycles. The Morgan fingerprint density at radius 1 is 1.50 bits per heavy atom. The number of carboxylic acids is 1. The third-order valence-corrected chi connectivity index (χ3v) is 3.34. The summed E-state index contributed by atoms with van der Waals surface area (Å²) in [6, 6.07) is 0. The highest BCUT2D eigenvalue weighted by Gasteiger charge is 2.74. The molecule has 1 N–H and O–H groups in total. The maximum atomic E-state index is 11.0. The lowest BCUT2D eigenvalue weighted by atomic mass is 9.78. The Bertz CT molecular complexity index is 226. The van der Waals surface area contributed by atoms with Gasteiger partial charge in [0, 0.05) is 0 Å². The molecule has 12 heavy (non-hydrogen) atoms. The van der Waals surface area contributed by atoms with Gasteiger partial charge in [-0.05, 0) is 25.7 Å². The number of epoxide rings is 1. The fourth-order valence-corrected chi connectivity index (χ4v) is 2.50. The Kier molecular flexibility index (Phi) is 1.49. The fourth-order valence-electron chi connectivity index (χ4n) is 2.50. The summed E-state index contributed by atoms with van der Waals surface area (Å²) in [5, 5.41) is 9.01. The molecule has 68 valence electrons. The largest absolute Gasteiger partial charge is 0.479 e. The molecule has 1 aliphatic heterocycles. The summed E-state index contributed by atoms with van der Waals surface area (Å²) >= 11 is 0. The van der Waals surface area contributed by atoms with Gasteiger partial charge in [0.15, 0.2) is 5.60 Å². The van der Waals surface area contributed by atoms with Crippen molar-refractivity contribution in [1.29, 1.82) is 0 Å². The second kappa shape index (κ2) is 2.22. The predicted molar refractivity (Wildman–Crippen MR) is 42.9 cm³/mol. The molecule has 0 aromatic rings. The smallest absolute Gasteiger partial charge is 0.339 e. The quantitative estimate of drug-likeness (QED) is 0.640. The van der Waals surface area contributed by atoms with E-state index >= 15 is 0 Å². The van der Waals surface area contributed by atoms with E-state index in [-0.39, 0.29) is 5.60 Å². The van der Waals surface area contributed by atoms with E-state index in [0.717, 1.165) is 25.7 Å². The van der Waals surface area contributed by atoms with Crippen LogP contribution in [-0.4, -0.2) is 22.3 Å². The number of carbonyl (C=O) groups is 1. The minimum atomic E-state index is -0.792. The predicted octanol–water partition coefficient (Wildman–Crippen LogP) is 1.56. The van der Waals surface area contributed by atoms with Crippen LogP contribution in [0.5, 0.6) is 0 Å². The van der Waals surface area contributed by atoms with Crippen LogP contribution >= 0.6 is 0 Å². The van der Waals surface area contributed by atoms with Crippen molar-refractivity contribution in [2.75, 3.05) is 0 Å². The molecule has 1 saturated carbocycles. The molecule has 2 fully saturated rings. The first-order chi connectivity index (χ1) is 5.67. The molecule has 1 heterocycles. The topological polar surface area (TPSA) is 49.8 Å². The van der Waals surface area contributed by atoms with Crippen LogP contribution in [0.3, 0.4) is 0 Å². The highest BCUT2D eigenvalue weighted by atomic mass is 16.7. The van der Waals surface area contributed by atoms with Crippen LogP contribution in [0.4, 0.5) is 0 Å². The molecule has 2 aliphatic rings. The van der Waals surface area contributed by atoms with Gasteiger partial charge in [0.05, 0.1) is 0 Å². The minimum absolute atomic E-state index is 0.295. The molecule has 3 nitrogen and oxygen atoms in total. The number of rotatable bonds is 2. The lowest BCUT2D eigenvalue weighted by Gasteiger charge is -2.20. The average molecular weight is 170 g/mol. The van der Waals surface area contributed by atoms with Gasteiger partial charge in [-0.3, -0.25) is 0 Å². The van der Waals surface area contributed by atoms with Crippen LogP contribution in [-0.2, 0) is 9.53 Å². The van der Waals surface area contributed by atoms with Crippen molar-refractivity contribution in [3.63, 3.8) is 0 Å². The van der Waals surface area contributed by atoms with Crippen LogP contribution in [0, 0.1) is 0 Å². The molecular formula is C9H14O3. The van der Waals surface area contributed by atoms with Gasteiger partial charge in [-0.25, -0.2) is 4.79 Å². The molecule has 0 amide bonds. The van der Waals surface area contributed by atoms with Crippen molar-refractivity contribution in [2.45, 2.75) is 50.2 Å². The number of carboxylic acid groups (broad SMARTS) is 1. The molecule has 2 unspecified atom stereocenters. The van der Waals surface area contributed by atoms with Crippen molar-refractivity contribution in [1.82, 2.24) is 0 Å². The maximum Gasteiger partial charge on any atom is 0.339 e. The summed E-state index contributed by atoms with van der Waals surface area (Å²) in [5.74, 6) is -0.760. The number of fused-ring (bicyclic) bond motifs is 1. The zero-order valence-electron chi connectivity index (χ0n) is 7.30. The van der Waals surface area contributed by atoms with Gasteiger partial charge >= 0.3 is 5.97 Å². The normalized spacial score (nSPS) is 45.1. The second-order valence-corrected chi connectivity index (χ2v) is 3.79. The lowest BCUT2D eigenvalue weighted by Crippen LogP contribution is -2.36. The van der Waals surface area contributed by atoms with E-state index in [2.05, 4.69) is 0 Å². The number of ether oxygens (including phenoxy) is 1. The Morgan fingerprint density at radius 2 is 2.17 bits per heavy atom. The fraction of sp³-hybridized carbons (Fsp3) is 0.889. The monoisotopic (exact) mass is 170 g/mol. The van der Waals surface area contributed by atoms with Gasteiger partial charge in [-0.15, -0.1) is 0 Å². The third kappa shape index (κ3) is 0.724. The van der Waals surface area contributed by atoms with Gasteiger partial charge in [0.25, 0.3) is 0 Å². The SMILES string of the molecule is CCC12CCCCC1(C(=O)O)O2. The molecule has 0 aromatic carbocycles. The Hall–Kier alpha value is -0.570. The average Bonchev–Trinajstić information content (AvgIpc) is 2.75. The van der Waals surface area contributed by atoms with Crippen molar-refractivity contribution in [3.8, 4) is 0 Å². The molecule has 0 spiro atoms. The van der Waals surface area contributed by atoms with Crippen LogP contribution in [0.25, 0.3) is 0 Å². The van der Waals surface area contributed by atoms with Crippen LogP contribution in [0.2, 0.25) is 0 Å². The van der Waals surface area contributed by atoms with Gasteiger partial charge < -0.3 is 9.84 Å². The van der Waals surface area contributed by atoms with Crippen LogP contribution in [0.1, 0.15) is 39.0 Å². The van der Waals surface area contributed by atoms with E-state index < -0.39 is 11.6 Å². The zero-order valence-corrected chi connectivity index (χ0v) is 7.30. The van der Waals surface area contributed by atoms with E-state index in [0.29, 0.717) is 6.42 Å². The molecule has 0 bridgehead atoms. The summed E-state index contributed by atoms with van der Waals surface area (Å²) < 4.78 is 5.46. The van der Waals surface area contributed by atoms with Crippen molar-refractivity contribution in [2.24, 2.45) is 0 Å². The first-order valence-corrected chi connectivity index (χ1v) is 4.60. The van der Waals surface area contributed by atoms with Crippen LogP contribution in [0.15, 0.2) is 0 Å². The number of hydrogen-bond acceptors (Lipinski definition) is 2. The van der Waals surface area contributed by atoms with E-state index in [1.807, 2.05) is 6.92 Å². The van der Waals surface area contributed by atoms with E-state index in [1.165, 1.54) is 0 Å². The summed E-state index contributed by atoms with van der Waals surface area (Å²) in [6.45, 7) is 2.01. The number of hydrogen-bond donors (Lipinski definition) is 1. The van der Waals surface area contributed by atoms with Gasteiger partial charge in [0.2, 0.25) is 0 Å². The van der Waals surface area contributed by atoms with Crippen molar-refractivity contribution < 1.29 is 14.6 Å². The van der Waals surface area contributed by atoms with Gasteiger partial charge in [-0.2, -0.15) is 0 Å². The molecule has 2 rings (SSSR count). The van der Waals surface area contributed by atoms with Crippen molar-refractivity contribution >= 4 is 5.97 Å². The van der Waals surface area contributed by atoms with Gasteiger partial charge in [0.1, 0.15) is 5.60 Å². The van der Waals surface area contributed by atoms with E-state index in [9.17, 15) is 4.79 Å². The molecule has 0 aromatic heterocycles. The van der Waals surface area contributed by atoms with E-state index in [4.69, 9.17) is 9.84 Å². The van der Waals surface area contributed by atoms with Crippen molar-refractivity contribution in [3.05, 3.63) is 0 Å². The molecule has 1 aliphatic carbocycles.